The second-order valence-electron chi connectivity index (χ2n) is 4.03. The van der Waals surface area contributed by atoms with Gasteiger partial charge in [0.2, 0.25) is 0 Å². The first kappa shape index (κ1) is 14.0. The summed E-state index contributed by atoms with van der Waals surface area (Å²) in [6.07, 6.45) is 1.72. The van der Waals surface area contributed by atoms with E-state index in [-0.39, 0.29) is 24.1 Å². The van der Waals surface area contributed by atoms with E-state index in [4.69, 9.17) is 9.15 Å². The van der Waals surface area contributed by atoms with Gasteiger partial charge >= 0.3 is 5.97 Å². The summed E-state index contributed by atoms with van der Waals surface area (Å²) in [4.78, 5) is 15.3. The van der Waals surface area contributed by atoms with E-state index in [1.165, 1.54) is 12.3 Å². The third-order valence-corrected chi connectivity index (χ3v) is 2.62. The molecule has 106 valence electrons. The van der Waals surface area contributed by atoms with Gasteiger partial charge in [-0.3, -0.25) is 0 Å². The smallest absolute Gasteiger partial charge is 0.360 e. The summed E-state index contributed by atoms with van der Waals surface area (Å²) in [6, 6.07) is 6.77. The van der Waals surface area contributed by atoms with Gasteiger partial charge in [-0.15, -0.1) is 0 Å². The maximum Gasteiger partial charge on any atom is 0.360 e. The van der Waals surface area contributed by atoms with E-state index in [1.807, 2.05) is 0 Å². The fourth-order valence-corrected chi connectivity index (χ4v) is 1.66. The maximum absolute atomic E-state index is 13.4. The molecule has 0 saturated heterocycles. The second-order valence-corrected chi connectivity index (χ2v) is 4.03. The Balaban J connectivity index is 1.86. The molecule has 2 rings (SSSR count). The van der Waals surface area contributed by atoms with Crippen molar-refractivity contribution in [1.82, 2.24) is 4.98 Å². The Morgan fingerprint density at radius 2 is 2.25 bits per heavy atom. The van der Waals surface area contributed by atoms with Gasteiger partial charge in [0, 0.05) is 6.54 Å². The average Bonchev–Trinajstić information content (AvgIpc) is 2.90. The highest BCUT2D eigenvalue weighted by Gasteiger charge is 2.12. The van der Waals surface area contributed by atoms with Gasteiger partial charge < -0.3 is 14.5 Å². The quantitative estimate of drug-likeness (QED) is 0.823. The van der Waals surface area contributed by atoms with E-state index in [2.05, 4.69) is 10.3 Å². The third-order valence-electron chi connectivity index (χ3n) is 2.62. The zero-order valence-corrected chi connectivity index (χ0v) is 11.1. The molecule has 0 atom stereocenters. The van der Waals surface area contributed by atoms with Crippen LogP contribution < -0.4 is 5.32 Å². The molecule has 0 aliphatic rings. The van der Waals surface area contributed by atoms with Gasteiger partial charge in [-0.25, -0.2) is 9.18 Å². The van der Waals surface area contributed by atoms with Crippen LogP contribution in [0, 0.1) is 5.82 Å². The number of benzene rings is 1. The highest BCUT2D eigenvalue weighted by atomic mass is 19.1. The summed E-state index contributed by atoms with van der Waals surface area (Å²) >= 11 is 0. The Morgan fingerprint density at radius 3 is 3.00 bits per heavy atom. The van der Waals surface area contributed by atoms with Crippen LogP contribution in [0.3, 0.4) is 0 Å². The van der Waals surface area contributed by atoms with Gasteiger partial charge in [-0.1, -0.05) is 18.2 Å². The molecule has 6 heteroatoms. The number of nitrogens with zero attached hydrogens (tertiary/aromatic N) is 1. The van der Waals surface area contributed by atoms with Crippen LogP contribution in [-0.2, 0) is 11.2 Å². The molecular formula is C14H15FN2O3. The summed E-state index contributed by atoms with van der Waals surface area (Å²) in [5, 5.41) is 2.89. The number of hydrogen-bond acceptors (Lipinski definition) is 5. The van der Waals surface area contributed by atoms with E-state index in [0.29, 0.717) is 18.5 Å². The number of esters is 1. The van der Waals surface area contributed by atoms with Crippen molar-refractivity contribution < 1.29 is 18.3 Å². The molecule has 0 unspecified atom stereocenters. The van der Waals surface area contributed by atoms with Crippen LogP contribution >= 0.6 is 0 Å². The Hall–Kier alpha value is -2.37. The monoisotopic (exact) mass is 278 g/mol. The van der Waals surface area contributed by atoms with E-state index < -0.39 is 5.97 Å². The normalized spacial score (nSPS) is 10.3. The molecule has 0 aliphatic carbocycles. The van der Waals surface area contributed by atoms with Crippen molar-refractivity contribution in [3.8, 4) is 0 Å². The van der Waals surface area contributed by atoms with E-state index in [9.17, 15) is 9.18 Å². The standard InChI is InChI=1S/C14H15FN2O3/c1-2-19-13(18)12-9-20-14(17-12)16-8-7-10-5-3-4-6-11(10)15/h3-6,9H,2,7-8H2,1H3,(H,16,17). The Kier molecular flexibility index (Phi) is 4.70. The predicted octanol–water partition coefficient (Wildman–Crippen LogP) is 2.65. The molecule has 2 aromatic rings. The largest absolute Gasteiger partial charge is 0.461 e. The number of carbonyl (C=O) groups excluding carboxylic acids is 1. The van der Waals surface area contributed by atoms with Crippen LogP contribution in [0.2, 0.25) is 0 Å². The first-order chi connectivity index (χ1) is 9.70. The molecule has 1 aromatic carbocycles. The van der Waals surface area contributed by atoms with Crippen molar-refractivity contribution in [2.75, 3.05) is 18.5 Å². The van der Waals surface area contributed by atoms with Crippen molar-refractivity contribution in [2.45, 2.75) is 13.3 Å². The molecule has 0 amide bonds. The zero-order chi connectivity index (χ0) is 14.4. The van der Waals surface area contributed by atoms with Crippen LogP contribution in [0.4, 0.5) is 10.4 Å². The molecule has 0 aliphatic heterocycles. The van der Waals surface area contributed by atoms with Crippen molar-refractivity contribution in [3.63, 3.8) is 0 Å². The molecule has 1 aromatic heterocycles. The summed E-state index contributed by atoms with van der Waals surface area (Å²) < 4.78 is 23.3. The molecule has 5 nitrogen and oxygen atoms in total. The van der Waals surface area contributed by atoms with Crippen molar-refractivity contribution in [2.24, 2.45) is 0 Å². The van der Waals surface area contributed by atoms with Gasteiger partial charge in [0.05, 0.1) is 6.61 Å². The number of ether oxygens (including phenoxy) is 1. The number of anilines is 1. The first-order valence-electron chi connectivity index (χ1n) is 6.30. The molecular weight excluding hydrogens is 263 g/mol. The van der Waals surface area contributed by atoms with Gasteiger partial charge in [-0.2, -0.15) is 4.98 Å². The van der Waals surface area contributed by atoms with E-state index >= 15 is 0 Å². The van der Waals surface area contributed by atoms with Crippen LogP contribution in [-0.4, -0.2) is 24.1 Å². The SMILES string of the molecule is CCOC(=O)c1coc(NCCc2ccccc2F)n1. The lowest BCUT2D eigenvalue weighted by Crippen LogP contribution is -2.08. The Bertz CT molecular complexity index is 583. The lowest BCUT2D eigenvalue weighted by atomic mass is 10.1. The number of halogens is 1. The van der Waals surface area contributed by atoms with Crippen molar-refractivity contribution in [3.05, 3.63) is 47.6 Å². The molecule has 0 bridgehead atoms. The van der Waals surface area contributed by atoms with Crippen LogP contribution in [0.15, 0.2) is 34.9 Å². The topological polar surface area (TPSA) is 64.4 Å². The summed E-state index contributed by atoms with van der Waals surface area (Å²) in [5.74, 6) is -0.771. The van der Waals surface area contributed by atoms with Gasteiger partial charge in [-0.05, 0) is 25.0 Å². The number of aromatic nitrogens is 1. The Morgan fingerprint density at radius 1 is 1.45 bits per heavy atom. The van der Waals surface area contributed by atoms with Crippen LogP contribution in [0.1, 0.15) is 23.0 Å². The summed E-state index contributed by atoms with van der Waals surface area (Å²) in [6.45, 7) is 2.44. The third kappa shape index (κ3) is 3.57. The number of rotatable bonds is 6. The molecule has 1 heterocycles. The van der Waals surface area contributed by atoms with Crippen molar-refractivity contribution >= 4 is 12.0 Å². The molecule has 1 N–H and O–H groups in total. The van der Waals surface area contributed by atoms with Gasteiger partial charge in [0.15, 0.2) is 5.69 Å². The average molecular weight is 278 g/mol. The van der Waals surface area contributed by atoms with E-state index in [0.717, 1.165) is 0 Å². The summed E-state index contributed by atoms with van der Waals surface area (Å²) in [7, 11) is 0. The lowest BCUT2D eigenvalue weighted by molar-refractivity contribution is 0.0519. The number of oxazole rings is 1. The second kappa shape index (κ2) is 6.70. The minimum absolute atomic E-state index is 0.111. The van der Waals surface area contributed by atoms with Crippen LogP contribution in [0.5, 0.6) is 0 Å². The highest BCUT2D eigenvalue weighted by Crippen LogP contribution is 2.10. The molecule has 0 spiro atoms. The predicted molar refractivity (Wildman–Crippen MR) is 71.1 cm³/mol. The Labute approximate surface area is 115 Å². The fourth-order valence-electron chi connectivity index (χ4n) is 1.66. The van der Waals surface area contributed by atoms with Crippen LogP contribution in [0.25, 0.3) is 0 Å². The number of carbonyl (C=O) groups is 1. The van der Waals surface area contributed by atoms with Gasteiger partial charge in [0.25, 0.3) is 6.01 Å². The maximum atomic E-state index is 13.4. The van der Waals surface area contributed by atoms with Crippen molar-refractivity contribution in [1.29, 1.82) is 0 Å². The number of nitrogens with one attached hydrogen (secondary N) is 1. The highest BCUT2D eigenvalue weighted by molar-refractivity contribution is 5.87. The van der Waals surface area contributed by atoms with E-state index in [1.54, 1.807) is 25.1 Å². The minimum Gasteiger partial charge on any atom is -0.461 e. The molecule has 0 fully saturated rings. The lowest BCUT2D eigenvalue weighted by Gasteiger charge is -2.03. The molecule has 20 heavy (non-hydrogen) atoms. The number of hydrogen-bond donors (Lipinski definition) is 1. The first-order valence-corrected chi connectivity index (χ1v) is 6.30. The fraction of sp³-hybridized carbons (Fsp3) is 0.286. The minimum atomic E-state index is -0.529. The summed E-state index contributed by atoms with van der Waals surface area (Å²) in [5.41, 5.74) is 0.720. The van der Waals surface area contributed by atoms with Gasteiger partial charge in [0.1, 0.15) is 12.1 Å². The zero-order valence-electron chi connectivity index (χ0n) is 11.1. The molecule has 0 radical (unpaired) electrons. The molecule has 0 saturated carbocycles.